The molecule has 0 aliphatic heterocycles. The minimum atomic E-state index is -4.57. The monoisotopic (exact) mass is 407 g/mol. The van der Waals surface area contributed by atoms with Crippen LogP contribution in [0, 0.1) is 17.0 Å². The molecule has 0 amide bonds. The molecule has 0 aliphatic rings. The van der Waals surface area contributed by atoms with Crippen LogP contribution in [0.15, 0.2) is 47.3 Å². The van der Waals surface area contributed by atoms with Gasteiger partial charge in [0.15, 0.2) is 0 Å². The van der Waals surface area contributed by atoms with Crippen LogP contribution in [-0.4, -0.2) is 24.7 Å². The molecule has 2 aromatic carbocycles. The number of rotatable bonds is 5. The van der Waals surface area contributed by atoms with Crippen LogP contribution in [-0.2, 0) is 12.7 Å². The molecule has 0 saturated carbocycles. The number of hydrogen-bond donors (Lipinski definition) is 0. The maximum absolute atomic E-state index is 13.3. The second-order valence-corrected chi connectivity index (χ2v) is 6.50. The molecule has 3 aromatic rings. The topological polar surface area (TPSA) is 95.8 Å². The summed E-state index contributed by atoms with van der Waals surface area (Å²) in [5.41, 5.74) is -0.695. The van der Waals surface area contributed by atoms with Crippen LogP contribution in [0.4, 0.5) is 18.9 Å². The highest BCUT2D eigenvalue weighted by Gasteiger charge is 2.35. The molecular formula is C18H16F3N5O3. The zero-order valence-corrected chi connectivity index (χ0v) is 15.4. The summed E-state index contributed by atoms with van der Waals surface area (Å²) in [6.45, 7) is 2.98. The van der Waals surface area contributed by atoms with E-state index in [9.17, 15) is 28.1 Å². The summed E-state index contributed by atoms with van der Waals surface area (Å²) in [5, 5.41) is 18.4. The van der Waals surface area contributed by atoms with Crippen LogP contribution >= 0.6 is 0 Å². The van der Waals surface area contributed by atoms with Crippen molar-refractivity contribution in [3.63, 3.8) is 0 Å². The van der Waals surface area contributed by atoms with Crippen LogP contribution in [0.5, 0.6) is 0 Å². The fraction of sp³-hybridized carbons (Fsp3) is 0.278. The lowest BCUT2D eigenvalue weighted by atomic mass is 10.0. The average Bonchev–Trinajstić information content (AvgIpc) is 3.00. The van der Waals surface area contributed by atoms with E-state index in [-0.39, 0.29) is 17.8 Å². The van der Waals surface area contributed by atoms with Crippen molar-refractivity contribution in [2.75, 3.05) is 0 Å². The molecule has 0 N–H and O–H groups in total. The Morgan fingerprint density at radius 3 is 2.48 bits per heavy atom. The van der Waals surface area contributed by atoms with Gasteiger partial charge in [-0.2, -0.15) is 22.5 Å². The van der Waals surface area contributed by atoms with E-state index in [1.165, 1.54) is 37.3 Å². The number of benzene rings is 2. The SMILES string of the molecule is Cc1cc(Cn2nnn(C(C)c3ccccc3C(F)(F)F)c2=O)ccc1[N+](=O)[O-]. The van der Waals surface area contributed by atoms with Gasteiger partial charge >= 0.3 is 11.9 Å². The number of nitrogens with zero attached hydrogens (tertiary/aromatic N) is 5. The minimum Gasteiger partial charge on any atom is -0.258 e. The van der Waals surface area contributed by atoms with Crippen molar-refractivity contribution in [3.8, 4) is 0 Å². The first-order valence-electron chi connectivity index (χ1n) is 8.52. The average molecular weight is 407 g/mol. The third kappa shape index (κ3) is 4.03. The molecule has 0 aliphatic carbocycles. The lowest BCUT2D eigenvalue weighted by molar-refractivity contribution is -0.385. The Bertz CT molecular complexity index is 1120. The van der Waals surface area contributed by atoms with Gasteiger partial charge in [0.05, 0.1) is 23.1 Å². The van der Waals surface area contributed by atoms with E-state index in [1.807, 2.05) is 0 Å². The first-order valence-corrected chi connectivity index (χ1v) is 8.52. The van der Waals surface area contributed by atoms with Crippen molar-refractivity contribution in [2.24, 2.45) is 0 Å². The van der Waals surface area contributed by atoms with Gasteiger partial charge in [0.1, 0.15) is 0 Å². The second-order valence-electron chi connectivity index (χ2n) is 6.50. The first kappa shape index (κ1) is 20.2. The smallest absolute Gasteiger partial charge is 0.258 e. The van der Waals surface area contributed by atoms with E-state index in [2.05, 4.69) is 10.4 Å². The number of halogens is 3. The largest absolute Gasteiger partial charge is 0.416 e. The maximum Gasteiger partial charge on any atom is 0.416 e. The molecular weight excluding hydrogens is 391 g/mol. The van der Waals surface area contributed by atoms with E-state index in [4.69, 9.17) is 0 Å². The highest BCUT2D eigenvalue weighted by molar-refractivity contribution is 5.41. The van der Waals surface area contributed by atoms with Crippen LogP contribution in [0.25, 0.3) is 0 Å². The van der Waals surface area contributed by atoms with Crippen molar-refractivity contribution in [1.82, 2.24) is 19.8 Å². The van der Waals surface area contributed by atoms with Crippen LogP contribution in [0.3, 0.4) is 0 Å². The molecule has 152 valence electrons. The molecule has 0 fully saturated rings. The fourth-order valence-electron chi connectivity index (χ4n) is 3.07. The molecule has 0 spiro atoms. The van der Waals surface area contributed by atoms with Gasteiger partial charge in [-0.05, 0) is 47.5 Å². The normalized spacial score (nSPS) is 12.7. The van der Waals surface area contributed by atoms with Gasteiger partial charge in [0.2, 0.25) is 0 Å². The molecule has 1 unspecified atom stereocenters. The van der Waals surface area contributed by atoms with Crippen LogP contribution in [0.2, 0.25) is 0 Å². The van der Waals surface area contributed by atoms with E-state index in [1.54, 1.807) is 13.0 Å². The van der Waals surface area contributed by atoms with E-state index >= 15 is 0 Å². The molecule has 1 heterocycles. The van der Waals surface area contributed by atoms with Crippen LogP contribution in [0.1, 0.15) is 35.2 Å². The van der Waals surface area contributed by atoms with Crippen molar-refractivity contribution in [3.05, 3.63) is 85.3 Å². The standard InChI is InChI=1S/C18H16F3N5O3/c1-11-9-13(7-8-16(11)26(28)29)10-24-17(27)25(23-22-24)12(2)14-5-3-4-6-15(14)18(19,20)21/h3-9,12H,10H2,1-2H3. The van der Waals surface area contributed by atoms with Crippen LogP contribution < -0.4 is 5.69 Å². The van der Waals surface area contributed by atoms with Crippen molar-refractivity contribution in [2.45, 2.75) is 32.6 Å². The lowest BCUT2D eigenvalue weighted by Gasteiger charge is -2.17. The Balaban J connectivity index is 1.92. The number of nitro benzene ring substituents is 1. The quantitative estimate of drug-likeness (QED) is 0.478. The highest BCUT2D eigenvalue weighted by atomic mass is 19.4. The Kier molecular flexibility index (Phi) is 5.23. The van der Waals surface area contributed by atoms with E-state index in [0.717, 1.165) is 15.4 Å². The van der Waals surface area contributed by atoms with Gasteiger partial charge in [0, 0.05) is 11.6 Å². The van der Waals surface area contributed by atoms with Crippen molar-refractivity contribution < 1.29 is 18.1 Å². The number of tetrazole rings is 1. The zero-order chi connectivity index (χ0) is 21.3. The summed E-state index contributed by atoms with van der Waals surface area (Å²) in [5.74, 6) is 0. The molecule has 1 atom stereocenters. The molecule has 11 heteroatoms. The lowest BCUT2D eigenvalue weighted by Crippen LogP contribution is -2.29. The van der Waals surface area contributed by atoms with Gasteiger partial charge in [-0.25, -0.2) is 4.79 Å². The van der Waals surface area contributed by atoms with Gasteiger partial charge in [0.25, 0.3) is 5.69 Å². The van der Waals surface area contributed by atoms with Gasteiger partial charge in [-0.3, -0.25) is 10.1 Å². The van der Waals surface area contributed by atoms with Crippen molar-refractivity contribution in [1.29, 1.82) is 0 Å². The number of aryl methyl sites for hydroxylation is 1. The Morgan fingerprint density at radius 2 is 1.86 bits per heavy atom. The van der Waals surface area contributed by atoms with E-state index < -0.39 is 28.4 Å². The summed E-state index contributed by atoms with van der Waals surface area (Å²) in [4.78, 5) is 23.0. The molecule has 0 saturated heterocycles. The number of hydrogen-bond acceptors (Lipinski definition) is 5. The zero-order valence-electron chi connectivity index (χ0n) is 15.4. The number of alkyl halides is 3. The fourth-order valence-corrected chi connectivity index (χ4v) is 3.07. The third-order valence-electron chi connectivity index (χ3n) is 4.53. The Labute approximate surface area is 162 Å². The van der Waals surface area contributed by atoms with Crippen molar-refractivity contribution >= 4 is 5.69 Å². The maximum atomic E-state index is 13.3. The summed E-state index contributed by atoms with van der Waals surface area (Å²) in [6, 6.07) is 8.33. The summed E-state index contributed by atoms with van der Waals surface area (Å²) >= 11 is 0. The number of aromatic nitrogens is 4. The summed E-state index contributed by atoms with van der Waals surface area (Å²) in [6.07, 6.45) is -4.57. The van der Waals surface area contributed by atoms with E-state index in [0.29, 0.717) is 11.1 Å². The predicted octanol–water partition coefficient (Wildman–Crippen LogP) is 3.33. The summed E-state index contributed by atoms with van der Waals surface area (Å²) in [7, 11) is 0. The summed E-state index contributed by atoms with van der Waals surface area (Å²) < 4.78 is 41.7. The molecule has 8 nitrogen and oxygen atoms in total. The molecule has 29 heavy (non-hydrogen) atoms. The van der Waals surface area contributed by atoms with Gasteiger partial charge < -0.3 is 0 Å². The Hall–Kier alpha value is -3.50. The minimum absolute atomic E-state index is 0.0225. The Morgan fingerprint density at radius 1 is 1.17 bits per heavy atom. The molecule has 1 aromatic heterocycles. The van der Waals surface area contributed by atoms with Gasteiger partial charge in [-0.1, -0.05) is 24.3 Å². The third-order valence-corrected chi connectivity index (χ3v) is 4.53. The second kappa shape index (κ2) is 7.49. The molecule has 3 rings (SSSR count). The number of nitro groups is 1. The molecule has 0 radical (unpaired) electrons. The first-order chi connectivity index (χ1) is 13.6. The van der Waals surface area contributed by atoms with Gasteiger partial charge in [-0.15, -0.1) is 0 Å². The highest BCUT2D eigenvalue weighted by Crippen LogP contribution is 2.35. The predicted molar refractivity (Wildman–Crippen MR) is 96.5 cm³/mol. The molecule has 0 bridgehead atoms.